The van der Waals surface area contributed by atoms with E-state index in [4.69, 9.17) is 4.98 Å². The fourth-order valence-corrected chi connectivity index (χ4v) is 8.95. The lowest BCUT2D eigenvalue weighted by Crippen LogP contribution is -2.46. The molecule has 5 heteroatoms. The molecule has 0 amide bonds. The van der Waals surface area contributed by atoms with Crippen molar-refractivity contribution < 1.29 is 0 Å². The first-order valence-electron chi connectivity index (χ1n) is 13.8. The molecule has 2 unspecified atom stereocenters. The van der Waals surface area contributed by atoms with Crippen molar-refractivity contribution in [3.8, 4) is 11.1 Å². The zero-order valence-corrected chi connectivity index (χ0v) is 21.6. The SMILES string of the molecule is Cc1nn(C)cc1-c1ccc(N[C@H]2C[C@@H]3CN(CC45CC(C)CC(CC(C)C4)C5)C[C@@H]3C2)nc1. The lowest BCUT2D eigenvalue weighted by atomic mass is 9.56. The van der Waals surface area contributed by atoms with Gasteiger partial charge in [-0.25, -0.2) is 4.98 Å². The second-order valence-electron chi connectivity index (χ2n) is 12.9. The topological polar surface area (TPSA) is 46.0 Å². The molecule has 5 nitrogen and oxygen atoms in total. The summed E-state index contributed by atoms with van der Waals surface area (Å²) in [5, 5.41) is 8.22. The van der Waals surface area contributed by atoms with Crippen LogP contribution in [-0.4, -0.2) is 45.3 Å². The van der Waals surface area contributed by atoms with Crippen LogP contribution in [0.2, 0.25) is 0 Å². The van der Waals surface area contributed by atoms with Crippen molar-refractivity contribution in [2.45, 2.75) is 71.8 Å². The number of hydrogen-bond acceptors (Lipinski definition) is 4. The number of aromatic nitrogens is 3. The third-order valence-corrected chi connectivity index (χ3v) is 9.58. The summed E-state index contributed by atoms with van der Waals surface area (Å²) in [6.07, 6.45) is 14.1. The van der Waals surface area contributed by atoms with Crippen LogP contribution in [-0.2, 0) is 7.05 Å². The number of fused-ring (bicyclic) bond motifs is 3. The summed E-state index contributed by atoms with van der Waals surface area (Å²) < 4.78 is 1.87. The maximum atomic E-state index is 4.74. The van der Waals surface area contributed by atoms with Crippen LogP contribution < -0.4 is 5.32 Å². The molecule has 6 rings (SSSR count). The van der Waals surface area contributed by atoms with Gasteiger partial charge in [0, 0.05) is 56.2 Å². The molecule has 34 heavy (non-hydrogen) atoms. The first-order valence-corrected chi connectivity index (χ1v) is 13.8. The average Bonchev–Trinajstić information content (AvgIpc) is 3.39. The lowest BCUT2D eigenvalue weighted by Gasteiger charge is -2.51. The van der Waals surface area contributed by atoms with Crippen molar-refractivity contribution in [1.82, 2.24) is 19.7 Å². The summed E-state index contributed by atoms with van der Waals surface area (Å²) in [6, 6.07) is 4.90. The van der Waals surface area contributed by atoms with Crippen molar-refractivity contribution in [3.63, 3.8) is 0 Å². The van der Waals surface area contributed by atoms with E-state index in [1.807, 2.05) is 17.9 Å². The second kappa shape index (κ2) is 8.65. The number of nitrogens with one attached hydrogen (secondary N) is 1. The predicted octanol–water partition coefficient (Wildman–Crippen LogP) is 5.77. The van der Waals surface area contributed by atoms with Crippen LogP contribution >= 0.6 is 0 Å². The average molecular weight is 462 g/mol. The van der Waals surface area contributed by atoms with Gasteiger partial charge < -0.3 is 10.2 Å². The number of pyridine rings is 1. The third-order valence-electron chi connectivity index (χ3n) is 9.58. The molecule has 3 aliphatic carbocycles. The van der Waals surface area contributed by atoms with Gasteiger partial charge in [0.15, 0.2) is 0 Å². The van der Waals surface area contributed by atoms with E-state index in [1.165, 1.54) is 70.1 Å². The van der Waals surface area contributed by atoms with Gasteiger partial charge in [-0.1, -0.05) is 13.8 Å². The van der Waals surface area contributed by atoms with E-state index in [9.17, 15) is 0 Å². The molecule has 2 aromatic rings. The Morgan fingerprint density at radius 2 is 1.71 bits per heavy atom. The molecule has 1 saturated heterocycles. The van der Waals surface area contributed by atoms with E-state index in [-0.39, 0.29) is 0 Å². The second-order valence-corrected chi connectivity index (χ2v) is 12.9. The van der Waals surface area contributed by atoms with Gasteiger partial charge in [0.05, 0.1) is 5.69 Å². The Morgan fingerprint density at radius 3 is 2.29 bits per heavy atom. The lowest BCUT2D eigenvalue weighted by molar-refractivity contribution is -0.00647. The minimum atomic E-state index is 0.572. The molecule has 0 spiro atoms. The van der Waals surface area contributed by atoms with Crippen LogP contribution in [0.1, 0.15) is 64.5 Å². The molecular formula is C29H43N5. The van der Waals surface area contributed by atoms with Crippen molar-refractivity contribution >= 4 is 5.82 Å². The Hall–Kier alpha value is -1.88. The molecule has 3 saturated carbocycles. The van der Waals surface area contributed by atoms with Gasteiger partial charge >= 0.3 is 0 Å². The maximum absolute atomic E-state index is 4.74. The Kier molecular flexibility index (Phi) is 5.75. The molecule has 0 aromatic carbocycles. The molecule has 4 fully saturated rings. The molecule has 2 bridgehead atoms. The van der Waals surface area contributed by atoms with Crippen LogP contribution in [0.15, 0.2) is 24.5 Å². The minimum Gasteiger partial charge on any atom is -0.367 e. The maximum Gasteiger partial charge on any atom is 0.126 e. The minimum absolute atomic E-state index is 0.572. The largest absolute Gasteiger partial charge is 0.367 e. The van der Waals surface area contributed by atoms with Crippen LogP contribution in [0.4, 0.5) is 5.82 Å². The summed E-state index contributed by atoms with van der Waals surface area (Å²) >= 11 is 0. The molecule has 3 heterocycles. The predicted molar refractivity (Wildman–Crippen MR) is 139 cm³/mol. The van der Waals surface area contributed by atoms with Crippen LogP contribution in [0.3, 0.4) is 0 Å². The zero-order valence-electron chi connectivity index (χ0n) is 21.6. The summed E-state index contributed by atoms with van der Waals surface area (Å²) in [4.78, 5) is 7.62. The van der Waals surface area contributed by atoms with Crippen LogP contribution in [0.5, 0.6) is 0 Å². The van der Waals surface area contributed by atoms with Crippen LogP contribution in [0.25, 0.3) is 11.1 Å². The normalized spacial score (nSPS) is 37.6. The molecule has 4 aliphatic rings. The number of likely N-dealkylation sites (tertiary alicyclic amines) is 1. The highest BCUT2D eigenvalue weighted by Gasteiger charge is 2.48. The summed E-state index contributed by atoms with van der Waals surface area (Å²) in [7, 11) is 1.97. The van der Waals surface area contributed by atoms with Crippen molar-refractivity contribution in [2.24, 2.45) is 42.1 Å². The Labute approximate surface area is 205 Å². The Balaban J connectivity index is 1.04. The monoisotopic (exact) mass is 461 g/mol. The van der Waals surface area contributed by atoms with E-state index in [0.717, 1.165) is 46.7 Å². The fourth-order valence-electron chi connectivity index (χ4n) is 8.95. The van der Waals surface area contributed by atoms with E-state index < -0.39 is 0 Å². The van der Waals surface area contributed by atoms with Crippen LogP contribution in [0, 0.1) is 41.9 Å². The first-order chi connectivity index (χ1) is 16.3. The smallest absolute Gasteiger partial charge is 0.126 e. The number of nitrogens with zero attached hydrogens (tertiary/aromatic N) is 4. The van der Waals surface area contributed by atoms with Gasteiger partial charge in [-0.2, -0.15) is 5.10 Å². The van der Waals surface area contributed by atoms with Gasteiger partial charge in [0.25, 0.3) is 0 Å². The van der Waals surface area contributed by atoms with Gasteiger partial charge in [0.2, 0.25) is 0 Å². The highest BCUT2D eigenvalue weighted by Crippen LogP contribution is 2.54. The number of hydrogen-bond donors (Lipinski definition) is 1. The fraction of sp³-hybridized carbons (Fsp3) is 0.724. The molecule has 1 N–H and O–H groups in total. The molecular weight excluding hydrogens is 418 g/mol. The number of anilines is 1. The van der Waals surface area contributed by atoms with E-state index in [0.29, 0.717) is 11.5 Å². The quantitative estimate of drug-likeness (QED) is 0.614. The zero-order chi connectivity index (χ0) is 23.4. The summed E-state index contributed by atoms with van der Waals surface area (Å²) in [5.41, 5.74) is 3.99. The van der Waals surface area contributed by atoms with E-state index >= 15 is 0 Å². The number of aryl methyl sites for hydroxylation is 2. The van der Waals surface area contributed by atoms with E-state index in [2.05, 4.69) is 54.4 Å². The summed E-state index contributed by atoms with van der Waals surface area (Å²) in [6.45, 7) is 11.1. The van der Waals surface area contributed by atoms with Crippen molar-refractivity contribution in [2.75, 3.05) is 25.0 Å². The molecule has 1 aliphatic heterocycles. The van der Waals surface area contributed by atoms with Crippen molar-refractivity contribution in [1.29, 1.82) is 0 Å². The molecule has 5 atom stereocenters. The highest BCUT2D eigenvalue weighted by molar-refractivity contribution is 5.65. The first kappa shape index (κ1) is 22.6. The van der Waals surface area contributed by atoms with Gasteiger partial charge in [0.1, 0.15) is 5.82 Å². The van der Waals surface area contributed by atoms with Gasteiger partial charge in [-0.3, -0.25) is 4.68 Å². The molecule has 0 radical (unpaired) electrons. The van der Waals surface area contributed by atoms with Crippen molar-refractivity contribution in [3.05, 3.63) is 30.2 Å². The summed E-state index contributed by atoms with van der Waals surface area (Å²) in [5.74, 6) is 5.62. The Bertz CT molecular complexity index is 977. The van der Waals surface area contributed by atoms with E-state index in [1.54, 1.807) is 0 Å². The molecule has 2 aromatic heterocycles. The number of rotatable bonds is 5. The Morgan fingerprint density at radius 1 is 1.00 bits per heavy atom. The van der Waals surface area contributed by atoms with Gasteiger partial charge in [-0.15, -0.1) is 0 Å². The highest BCUT2D eigenvalue weighted by atomic mass is 15.2. The molecule has 184 valence electrons. The third kappa shape index (κ3) is 4.41. The standard InChI is InChI=1S/C29H43N5/c1-19-7-22-8-20(2)12-29(11-19,13-22)18-34-15-24-9-26(10-25(24)16-34)31-28-6-5-23(14-30-28)27-17-33(4)32-21(27)3/h5-6,14,17,19-20,22,24-26H,7-13,15-16,18H2,1-4H3,(H,30,31)/t19?,20?,22?,24-,25+,26+,29?. The van der Waals surface area contributed by atoms with Gasteiger partial charge in [-0.05, 0) is 99.0 Å².